The SMILES string of the molecule is O=C(O)CCC(CC1CCCCC1)NC(=O)CNC(=O)c1cc2ccccc2[nH]1. The van der Waals surface area contributed by atoms with Crippen LogP contribution in [0.25, 0.3) is 10.9 Å². The van der Waals surface area contributed by atoms with Crippen molar-refractivity contribution < 1.29 is 19.5 Å². The van der Waals surface area contributed by atoms with E-state index in [0.29, 0.717) is 18.0 Å². The van der Waals surface area contributed by atoms with E-state index in [0.717, 1.165) is 30.2 Å². The molecule has 7 nitrogen and oxygen atoms in total. The standard InChI is InChI=1S/C22H29N3O4/c26-20(14-23-22(29)19-13-16-8-4-5-9-18(16)25-19)24-17(10-11-21(27)28)12-15-6-2-1-3-7-15/h4-5,8-9,13,15,17,25H,1-3,6-7,10-12,14H2,(H,23,29)(H,24,26)(H,27,28). The molecular formula is C22H29N3O4. The summed E-state index contributed by atoms with van der Waals surface area (Å²) in [6.07, 6.45) is 7.16. The van der Waals surface area contributed by atoms with Gasteiger partial charge in [0.25, 0.3) is 5.91 Å². The fourth-order valence-corrected chi connectivity index (χ4v) is 4.10. The first-order valence-electron chi connectivity index (χ1n) is 10.4. The molecule has 7 heteroatoms. The number of aromatic amines is 1. The number of nitrogens with one attached hydrogen (secondary N) is 3. The normalized spacial score (nSPS) is 15.7. The lowest BCUT2D eigenvalue weighted by Gasteiger charge is -2.27. The summed E-state index contributed by atoms with van der Waals surface area (Å²) in [6, 6.07) is 9.16. The molecule has 1 aliphatic rings. The number of benzene rings is 1. The average molecular weight is 399 g/mol. The van der Waals surface area contributed by atoms with Gasteiger partial charge in [0.05, 0.1) is 6.54 Å². The Morgan fingerprint density at radius 1 is 1.14 bits per heavy atom. The molecule has 1 aromatic carbocycles. The number of carboxylic acids is 1. The third-order valence-corrected chi connectivity index (χ3v) is 5.60. The number of H-pyrrole nitrogens is 1. The van der Waals surface area contributed by atoms with Crippen LogP contribution in [0.1, 0.15) is 61.9 Å². The Balaban J connectivity index is 1.51. The van der Waals surface area contributed by atoms with Gasteiger partial charge in [0.2, 0.25) is 5.91 Å². The zero-order valence-electron chi connectivity index (χ0n) is 16.6. The number of amides is 2. The van der Waals surface area contributed by atoms with Crippen LogP contribution in [0.3, 0.4) is 0 Å². The second-order valence-corrected chi connectivity index (χ2v) is 7.89. The molecule has 3 rings (SSSR count). The van der Waals surface area contributed by atoms with E-state index in [1.807, 2.05) is 24.3 Å². The number of carboxylic acid groups (broad SMARTS) is 1. The molecule has 4 N–H and O–H groups in total. The highest BCUT2D eigenvalue weighted by atomic mass is 16.4. The van der Waals surface area contributed by atoms with E-state index in [2.05, 4.69) is 15.6 Å². The van der Waals surface area contributed by atoms with E-state index in [1.54, 1.807) is 6.07 Å². The van der Waals surface area contributed by atoms with Gasteiger partial charge in [-0.15, -0.1) is 0 Å². The molecule has 1 fully saturated rings. The Bertz CT molecular complexity index is 822. The Morgan fingerprint density at radius 3 is 2.62 bits per heavy atom. The Hall–Kier alpha value is -2.83. The molecule has 1 aliphatic carbocycles. The van der Waals surface area contributed by atoms with E-state index in [-0.39, 0.29) is 30.8 Å². The van der Waals surface area contributed by atoms with Crippen LogP contribution >= 0.6 is 0 Å². The topological polar surface area (TPSA) is 111 Å². The fraction of sp³-hybridized carbons (Fsp3) is 0.500. The lowest BCUT2D eigenvalue weighted by molar-refractivity contribution is -0.137. The maximum absolute atomic E-state index is 12.4. The summed E-state index contributed by atoms with van der Waals surface area (Å²) >= 11 is 0. The summed E-state index contributed by atoms with van der Waals surface area (Å²) in [7, 11) is 0. The summed E-state index contributed by atoms with van der Waals surface area (Å²) in [5.41, 5.74) is 1.27. The van der Waals surface area contributed by atoms with Crippen LogP contribution in [0.2, 0.25) is 0 Å². The van der Waals surface area contributed by atoms with Gasteiger partial charge in [0, 0.05) is 23.4 Å². The minimum Gasteiger partial charge on any atom is -0.481 e. The van der Waals surface area contributed by atoms with E-state index in [4.69, 9.17) is 5.11 Å². The molecule has 0 radical (unpaired) electrons. The summed E-state index contributed by atoms with van der Waals surface area (Å²) in [5.74, 6) is -0.963. The number of carbonyl (C=O) groups excluding carboxylic acids is 2. The van der Waals surface area contributed by atoms with Crippen molar-refractivity contribution in [2.75, 3.05) is 6.54 Å². The van der Waals surface area contributed by atoms with Crippen molar-refractivity contribution in [3.05, 3.63) is 36.0 Å². The van der Waals surface area contributed by atoms with Crippen molar-refractivity contribution in [2.24, 2.45) is 5.92 Å². The summed E-state index contributed by atoms with van der Waals surface area (Å²) in [5, 5.41) is 15.5. The predicted octanol–water partition coefficient (Wildman–Crippen LogP) is 3.22. The number of hydrogen-bond donors (Lipinski definition) is 4. The Labute approximate surface area is 170 Å². The van der Waals surface area contributed by atoms with Gasteiger partial charge in [0.1, 0.15) is 5.69 Å². The Kier molecular flexibility index (Phi) is 7.27. The second kappa shape index (κ2) is 10.1. The zero-order valence-corrected chi connectivity index (χ0v) is 16.6. The molecule has 1 aromatic heterocycles. The molecule has 0 saturated heterocycles. The minimum atomic E-state index is -0.861. The van der Waals surface area contributed by atoms with Crippen LogP contribution in [0.5, 0.6) is 0 Å². The van der Waals surface area contributed by atoms with Crippen molar-refractivity contribution >= 4 is 28.7 Å². The molecule has 1 heterocycles. The lowest BCUT2D eigenvalue weighted by Crippen LogP contribution is -2.43. The molecule has 0 spiro atoms. The number of hydrogen-bond acceptors (Lipinski definition) is 3. The van der Waals surface area contributed by atoms with E-state index in [1.165, 1.54) is 19.3 Å². The van der Waals surface area contributed by atoms with Gasteiger partial charge < -0.3 is 20.7 Å². The first-order valence-corrected chi connectivity index (χ1v) is 10.4. The molecule has 2 aromatic rings. The van der Waals surface area contributed by atoms with Crippen molar-refractivity contribution in [1.29, 1.82) is 0 Å². The van der Waals surface area contributed by atoms with Crippen molar-refractivity contribution in [3.63, 3.8) is 0 Å². The number of fused-ring (bicyclic) bond motifs is 1. The predicted molar refractivity (Wildman–Crippen MR) is 111 cm³/mol. The molecule has 0 bridgehead atoms. The fourth-order valence-electron chi connectivity index (χ4n) is 4.10. The third kappa shape index (κ3) is 6.34. The molecular weight excluding hydrogens is 370 g/mol. The van der Waals surface area contributed by atoms with E-state index in [9.17, 15) is 14.4 Å². The van der Waals surface area contributed by atoms with Crippen molar-refractivity contribution in [1.82, 2.24) is 15.6 Å². The van der Waals surface area contributed by atoms with Gasteiger partial charge in [-0.2, -0.15) is 0 Å². The Morgan fingerprint density at radius 2 is 1.90 bits per heavy atom. The first kappa shape index (κ1) is 20.9. The first-order chi connectivity index (χ1) is 14.0. The molecule has 1 saturated carbocycles. The number of aliphatic carboxylic acids is 1. The second-order valence-electron chi connectivity index (χ2n) is 7.89. The third-order valence-electron chi connectivity index (χ3n) is 5.60. The average Bonchev–Trinajstić information content (AvgIpc) is 3.15. The van der Waals surface area contributed by atoms with Crippen LogP contribution in [0.15, 0.2) is 30.3 Å². The summed E-state index contributed by atoms with van der Waals surface area (Å²) < 4.78 is 0. The van der Waals surface area contributed by atoms with E-state index < -0.39 is 5.97 Å². The minimum absolute atomic E-state index is 0.0269. The van der Waals surface area contributed by atoms with Crippen LogP contribution in [-0.4, -0.2) is 40.5 Å². The molecule has 1 unspecified atom stereocenters. The number of carbonyl (C=O) groups is 3. The van der Waals surface area contributed by atoms with Gasteiger partial charge in [-0.25, -0.2) is 0 Å². The number of aromatic nitrogens is 1. The van der Waals surface area contributed by atoms with Crippen molar-refractivity contribution in [2.45, 2.75) is 57.4 Å². The highest BCUT2D eigenvalue weighted by Crippen LogP contribution is 2.28. The van der Waals surface area contributed by atoms with Crippen LogP contribution in [0, 0.1) is 5.92 Å². The largest absolute Gasteiger partial charge is 0.481 e. The molecule has 1 atom stereocenters. The quantitative estimate of drug-likeness (QED) is 0.519. The molecule has 2 amide bonds. The highest BCUT2D eigenvalue weighted by Gasteiger charge is 2.21. The van der Waals surface area contributed by atoms with Crippen LogP contribution < -0.4 is 10.6 Å². The number of para-hydroxylation sites is 1. The smallest absolute Gasteiger partial charge is 0.303 e. The monoisotopic (exact) mass is 399 g/mol. The van der Waals surface area contributed by atoms with Crippen LogP contribution in [-0.2, 0) is 9.59 Å². The van der Waals surface area contributed by atoms with Gasteiger partial charge in [0.15, 0.2) is 0 Å². The maximum Gasteiger partial charge on any atom is 0.303 e. The lowest BCUT2D eigenvalue weighted by atomic mass is 9.84. The van der Waals surface area contributed by atoms with Gasteiger partial charge in [-0.3, -0.25) is 14.4 Å². The van der Waals surface area contributed by atoms with Gasteiger partial charge in [-0.05, 0) is 30.9 Å². The summed E-state index contributed by atoms with van der Waals surface area (Å²) in [6.45, 7) is -0.136. The molecule has 0 aliphatic heterocycles. The maximum atomic E-state index is 12.4. The van der Waals surface area contributed by atoms with Gasteiger partial charge in [-0.1, -0.05) is 50.3 Å². The van der Waals surface area contributed by atoms with E-state index >= 15 is 0 Å². The number of rotatable bonds is 9. The molecule has 29 heavy (non-hydrogen) atoms. The van der Waals surface area contributed by atoms with Crippen LogP contribution in [0.4, 0.5) is 0 Å². The summed E-state index contributed by atoms with van der Waals surface area (Å²) in [4.78, 5) is 38.7. The highest BCUT2D eigenvalue weighted by molar-refractivity contribution is 5.99. The zero-order chi connectivity index (χ0) is 20.6. The molecule has 156 valence electrons. The van der Waals surface area contributed by atoms with Crippen molar-refractivity contribution in [3.8, 4) is 0 Å². The van der Waals surface area contributed by atoms with Gasteiger partial charge >= 0.3 is 5.97 Å².